The van der Waals surface area contributed by atoms with Crippen molar-refractivity contribution in [2.75, 3.05) is 24.5 Å². The van der Waals surface area contributed by atoms with Crippen LogP contribution in [0, 0.1) is 6.92 Å². The number of amidine groups is 1. The number of thioether (sulfide) groups is 1. The van der Waals surface area contributed by atoms with Crippen LogP contribution in [0.3, 0.4) is 0 Å². The number of benzene rings is 2. The van der Waals surface area contributed by atoms with Gasteiger partial charge in [-0.25, -0.2) is 0 Å². The zero-order valence-corrected chi connectivity index (χ0v) is 16.7. The summed E-state index contributed by atoms with van der Waals surface area (Å²) in [7, 11) is 0. The molecule has 0 spiro atoms. The van der Waals surface area contributed by atoms with E-state index in [0.717, 1.165) is 42.7 Å². The summed E-state index contributed by atoms with van der Waals surface area (Å²) in [6, 6.07) is 17.6. The summed E-state index contributed by atoms with van der Waals surface area (Å²) in [4.78, 5) is 33.8. The number of rotatable bonds is 4. The highest BCUT2D eigenvalue weighted by Crippen LogP contribution is 2.36. The number of amides is 2. The van der Waals surface area contributed by atoms with Gasteiger partial charge in [0.05, 0.1) is 5.69 Å². The Bertz CT molecular complexity index is 890. The molecule has 1 fully saturated rings. The molecule has 0 bridgehead atoms. The summed E-state index contributed by atoms with van der Waals surface area (Å²) < 4.78 is 0. The fourth-order valence-corrected chi connectivity index (χ4v) is 4.72. The topological polar surface area (TPSA) is 53.0 Å². The van der Waals surface area contributed by atoms with Gasteiger partial charge in [-0.05, 0) is 37.5 Å². The number of aliphatic imine (C=N–C) groups is 1. The van der Waals surface area contributed by atoms with E-state index < -0.39 is 5.25 Å². The molecule has 0 N–H and O–H groups in total. The molecule has 144 valence electrons. The predicted molar refractivity (Wildman–Crippen MR) is 114 cm³/mol. The number of carbonyl (C=O) groups is 2. The molecule has 0 aromatic heterocycles. The number of aryl methyl sites for hydroxylation is 1. The van der Waals surface area contributed by atoms with E-state index in [0.29, 0.717) is 5.17 Å². The van der Waals surface area contributed by atoms with E-state index in [2.05, 4.69) is 4.99 Å². The van der Waals surface area contributed by atoms with E-state index in [4.69, 9.17) is 0 Å². The lowest BCUT2D eigenvalue weighted by Crippen LogP contribution is -2.35. The van der Waals surface area contributed by atoms with Crippen LogP contribution in [-0.2, 0) is 9.59 Å². The molecule has 28 heavy (non-hydrogen) atoms. The Morgan fingerprint density at radius 1 is 1.04 bits per heavy atom. The molecule has 0 saturated carbocycles. The van der Waals surface area contributed by atoms with Crippen LogP contribution in [0.5, 0.6) is 0 Å². The quantitative estimate of drug-likeness (QED) is 0.794. The van der Waals surface area contributed by atoms with Gasteiger partial charge in [-0.1, -0.05) is 59.8 Å². The Morgan fingerprint density at radius 2 is 1.71 bits per heavy atom. The van der Waals surface area contributed by atoms with E-state index in [1.165, 1.54) is 11.8 Å². The molecule has 2 aromatic rings. The first kappa shape index (κ1) is 18.7. The molecule has 6 heteroatoms. The van der Waals surface area contributed by atoms with Gasteiger partial charge in [-0.15, -0.1) is 0 Å². The number of carbonyl (C=O) groups excluding carboxylic acids is 2. The van der Waals surface area contributed by atoms with E-state index in [1.54, 1.807) is 4.90 Å². The monoisotopic (exact) mass is 393 g/mol. The Kier molecular flexibility index (Phi) is 5.48. The van der Waals surface area contributed by atoms with E-state index in [9.17, 15) is 9.59 Å². The summed E-state index contributed by atoms with van der Waals surface area (Å²) in [6.07, 6.45) is 2.10. The van der Waals surface area contributed by atoms with Crippen molar-refractivity contribution in [1.82, 2.24) is 4.90 Å². The van der Waals surface area contributed by atoms with Gasteiger partial charge in [0.2, 0.25) is 5.91 Å². The molecule has 0 unspecified atom stereocenters. The molecule has 1 atom stereocenters. The first-order valence-electron chi connectivity index (χ1n) is 9.58. The second-order valence-corrected chi connectivity index (χ2v) is 8.18. The third-order valence-electron chi connectivity index (χ3n) is 5.05. The van der Waals surface area contributed by atoms with Gasteiger partial charge in [0, 0.05) is 13.1 Å². The van der Waals surface area contributed by atoms with E-state index in [1.807, 2.05) is 66.4 Å². The summed E-state index contributed by atoms with van der Waals surface area (Å²) in [5.74, 6) is 0.0337. The van der Waals surface area contributed by atoms with E-state index in [-0.39, 0.29) is 18.4 Å². The van der Waals surface area contributed by atoms with Crippen molar-refractivity contribution in [2.45, 2.75) is 25.0 Å². The average molecular weight is 394 g/mol. The smallest absolute Gasteiger partial charge is 0.254 e. The summed E-state index contributed by atoms with van der Waals surface area (Å²) in [5.41, 5.74) is 2.86. The Labute approximate surface area is 169 Å². The van der Waals surface area contributed by atoms with Crippen LogP contribution in [0.1, 0.15) is 29.2 Å². The zero-order chi connectivity index (χ0) is 19.5. The van der Waals surface area contributed by atoms with Crippen molar-refractivity contribution in [3.05, 3.63) is 65.7 Å². The standard InChI is InChI=1S/C22H23N3O2S/c1-16-9-11-18(12-10-16)25-19(26)15-23-22(25)28-20(17-7-3-2-4-8-17)21(27)24-13-5-6-14-24/h2-4,7-12,20H,5-6,13-15H2,1H3/t20-/m0/s1. The van der Waals surface area contributed by atoms with Gasteiger partial charge in [-0.2, -0.15) is 0 Å². The second-order valence-electron chi connectivity index (χ2n) is 7.10. The van der Waals surface area contributed by atoms with Crippen LogP contribution >= 0.6 is 11.8 Å². The lowest BCUT2D eigenvalue weighted by atomic mass is 10.1. The average Bonchev–Trinajstić information content (AvgIpc) is 3.37. The van der Waals surface area contributed by atoms with Crippen LogP contribution in [0.15, 0.2) is 59.6 Å². The van der Waals surface area contributed by atoms with Crippen LogP contribution < -0.4 is 4.90 Å². The predicted octanol–water partition coefficient (Wildman–Crippen LogP) is 3.79. The van der Waals surface area contributed by atoms with Crippen LogP contribution in [0.4, 0.5) is 5.69 Å². The minimum Gasteiger partial charge on any atom is -0.341 e. The minimum atomic E-state index is -0.406. The van der Waals surface area contributed by atoms with Crippen molar-refractivity contribution < 1.29 is 9.59 Å². The number of hydrogen-bond acceptors (Lipinski definition) is 4. The van der Waals surface area contributed by atoms with Crippen LogP contribution in [-0.4, -0.2) is 41.5 Å². The first-order chi connectivity index (χ1) is 13.6. The lowest BCUT2D eigenvalue weighted by molar-refractivity contribution is -0.129. The third-order valence-corrected chi connectivity index (χ3v) is 6.28. The Hall–Kier alpha value is -2.60. The van der Waals surface area contributed by atoms with Gasteiger partial charge in [0.15, 0.2) is 5.17 Å². The van der Waals surface area contributed by atoms with Crippen LogP contribution in [0.2, 0.25) is 0 Å². The van der Waals surface area contributed by atoms with Crippen LogP contribution in [0.25, 0.3) is 0 Å². The van der Waals surface area contributed by atoms with Gasteiger partial charge in [0.1, 0.15) is 11.8 Å². The fraction of sp³-hybridized carbons (Fsp3) is 0.318. The Morgan fingerprint density at radius 3 is 2.39 bits per heavy atom. The largest absolute Gasteiger partial charge is 0.341 e. The number of nitrogens with zero attached hydrogens (tertiary/aromatic N) is 3. The molecule has 2 amide bonds. The molecule has 4 rings (SSSR count). The maximum absolute atomic E-state index is 13.2. The van der Waals surface area contributed by atoms with Crippen molar-refractivity contribution >= 4 is 34.4 Å². The molecule has 2 aliphatic heterocycles. The number of anilines is 1. The molecule has 2 heterocycles. The molecule has 0 aliphatic carbocycles. The van der Waals surface area contributed by atoms with Gasteiger partial charge in [-0.3, -0.25) is 19.5 Å². The van der Waals surface area contributed by atoms with E-state index >= 15 is 0 Å². The second kappa shape index (κ2) is 8.19. The number of likely N-dealkylation sites (tertiary alicyclic amines) is 1. The summed E-state index contributed by atoms with van der Waals surface area (Å²) in [6.45, 7) is 3.74. The lowest BCUT2D eigenvalue weighted by Gasteiger charge is -2.25. The molecule has 1 saturated heterocycles. The fourth-order valence-electron chi connectivity index (χ4n) is 3.52. The normalized spacial score (nSPS) is 17.8. The van der Waals surface area contributed by atoms with Crippen molar-refractivity contribution in [1.29, 1.82) is 0 Å². The van der Waals surface area contributed by atoms with Crippen molar-refractivity contribution in [2.24, 2.45) is 4.99 Å². The molecule has 2 aliphatic rings. The summed E-state index contributed by atoms with van der Waals surface area (Å²) >= 11 is 1.38. The molecule has 5 nitrogen and oxygen atoms in total. The highest BCUT2D eigenvalue weighted by atomic mass is 32.2. The van der Waals surface area contributed by atoms with Gasteiger partial charge >= 0.3 is 0 Å². The highest BCUT2D eigenvalue weighted by Gasteiger charge is 2.35. The van der Waals surface area contributed by atoms with Gasteiger partial charge < -0.3 is 4.90 Å². The molecular weight excluding hydrogens is 370 g/mol. The molecule has 2 aromatic carbocycles. The Balaban J connectivity index is 1.62. The SMILES string of the molecule is Cc1ccc(N2C(=O)CN=C2S[C@H](C(=O)N2CCCC2)c2ccccc2)cc1. The zero-order valence-electron chi connectivity index (χ0n) is 15.9. The maximum atomic E-state index is 13.2. The maximum Gasteiger partial charge on any atom is 0.254 e. The molecule has 0 radical (unpaired) electrons. The van der Waals surface area contributed by atoms with Gasteiger partial charge in [0.25, 0.3) is 5.91 Å². The third kappa shape index (κ3) is 3.83. The number of hydrogen-bond donors (Lipinski definition) is 0. The summed E-state index contributed by atoms with van der Waals surface area (Å²) in [5, 5.41) is 0.187. The minimum absolute atomic E-state index is 0.0632. The van der Waals surface area contributed by atoms with Crippen molar-refractivity contribution in [3.8, 4) is 0 Å². The van der Waals surface area contributed by atoms with Crippen molar-refractivity contribution in [3.63, 3.8) is 0 Å². The first-order valence-corrected chi connectivity index (χ1v) is 10.5. The highest BCUT2D eigenvalue weighted by molar-refractivity contribution is 8.15. The molecular formula is C22H23N3O2S.